The van der Waals surface area contributed by atoms with E-state index in [9.17, 15) is 9.18 Å². The highest BCUT2D eigenvalue weighted by Gasteiger charge is 2.22. The molecule has 0 bridgehead atoms. The Morgan fingerprint density at radius 1 is 0.912 bits per heavy atom. The largest absolute Gasteiger partial charge is 0.304 e. The lowest BCUT2D eigenvalue weighted by molar-refractivity contribution is 0.101. The summed E-state index contributed by atoms with van der Waals surface area (Å²) in [6.45, 7) is 5.54. The second-order valence-corrected chi connectivity index (χ2v) is 8.56. The first-order valence-electron chi connectivity index (χ1n) is 10.3. The Bertz CT molecular complexity index is 1470. The minimum absolute atomic E-state index is 0.0422. The maximum atomic E-state index is 13.5. The number of benzene rings is 1. The van der Waals surface area contributed by atoms with Crippen molar-refractivity contribution in [1.82, 2.24) is 34.5 Å². The fraction of sp³-hybridized carbons (Fsp3) is 0.130. The molecule has 0 aliphatic heterocycles. The highest BCUT2D eigenvalue weighted by atomic mass is 32.1. The van der Waals surface area contributed by atoms with Crippen LogP contribution in [0.25, 0.3) is 22.3 Å². The summed E-state index contributed by atoms with van der Waals surface area (Å²) >= 11 is 1.46. The molecular formula is C23H19FN8OS. The third-order valence-electron chi connectivity index (χ3n) is 4.86. The molecule has 11 heteroatoms. The number of nitrogens with one attached hydrogen (secondary N) is 1. The van der Waals surface area contributed by atoms with Gasteiger partial charge in [-0.2, -0.15) is 9.78 Å². The van der Waals surface area contributed by atoms with E-state index in [-0.39, 0.29) is 11.6 Å². The van der Waals surface area contributed by atoms with Gasteiger partial charge >= 0.3 is 0 Å². The van der Waals surface area contributed by atoms with Gasteiger partial charge < -0.3 is 5.32 Å². The van der Waals surface area contributed by atoms with Crippen molar-refractivity contribution in [3.63, 3.8) is 0 Å². The normalized spacial score (nSPS) is 11.1. The maximum Gasteiger partial charge on any atom is 0.296 e. The average molecular weight is 475 g/mol. The number of carbonyl (C=O) groups excluding carboxylic acids is 1. The second kappa shape index (κ2) is 8.60. The van der Waals surface area contributed by atoms with Crippen molar-refractivity contribution in [3.05, 3.63) is 82.6 Å². The molecule has 0 fully saturated rings. The van der Waals surface area contributed by atoms with Crippen molar-refractivity contribution >= 4 is 23.1 Å². The predicted octanol–water partition coefficient (Wildman–Crippen LogP) is 4.29. The first-order valence-corrected chi connectivity index (χ1v) is 11.2. The third-order valence-corrected chi connectivity index (χ3v) is 5.72. The quantitative estimate of drug-likeness (QED) is 0.408. The number of halogens is 1. The molecule has 0 aliphatic rings. The summed E-state index contributed by atoms with van der Waals surface area (Å²) in [4.78, 5) is 27.3. The van der Waals surface area contributed by atoms with Gasteiger partial charge in [-0.3, -0.25) is 4.79 Å². The standard InChI is InChI=1S/C23H19FN8OS/c1-13-11-14(2)26-23(25-13)32-19(12-15(3)29-32)27-22(33)20-28-21(18-5-4-10-34-18)31(30-20)17-8-6-16(24)7-9-17/h4-12H,1-3H3,(H,27,33). The lowest BCUT2D eigenvalue weighted by Crippen LogP contribution is -2.18. The Morgan fingerprint density at radius 2 is 1.65 bits per heavy atom. The zero-order chi connectivity index (χ0) is 23.8. The number of aryl methyl sites for hydroxylation is 3. The van der Waals surface area contributed by atoms with Crippen LogP contribution >= 0.6 is 11.3 Å². The van der Waals surface area contributed by atoms with Crippen LogP contribution in [0.1, 0.15) is 27.7 Å². The number of rotatable bonds is 5. The predicted molar refractivity (Wildman–Crippen MR) is 126 cm³/mol. The van der Waals surface area contributed by atoms with Crippen molar-refractivity contribution in [2.45, 2.75) is 20.8 Å². The molecule has 0 saturated heterocycles. The van der Waals surface area contributed by atoms with Gasteiger partial charge in [-0.1, -0.05) is 6.07 Å². The topological polar surface area (TPSA) is 103 Å². The third kappa shape index (κ3) is 4.20. The number of hydrogen-bond donors (Lipinski definition) is 1. The van der Waals surface area contributed by atoms with E-state index in [0.717, 1.165) is 16.3 Å². The molecule has 0 spiro atoms. The summed E-state index contributed by atoms with van der Waals surface area (Å²) in [5.41, 5.74) is 2.84. The van der Waals surface area contributed by atoms with Gasteiger partial charge in [-0.15, -0.1) is 16.4 Å². The number of aromatic nitrogens is 7. The van der Waals surface area contributed by atoms with E-state index in [0.29, 0.717) is 29.0 Å². The lowest BCUT2D eigenvalue weighted by Gasteiger charge is -2.07. The molecule has 5 rings (SSSR count). The monoisotopic (exact) mass is 474 g/mol. The Labute approximate surface area is 198 Å². The molecule has 0 unspecified atom stereocenters. The van der Waals surface area contributed by atoms with Gasteiger partial charge in [0.2, 0.25) is 5.82 Å². The average Bonchev–Trinajstić information content (AvgIpc) is 3.53. The molecular weight excluding hydrogens is 455 g/mol. The van der Waals surface area contributed by atoms with Crippen LogP contribution in [0.3, 0.4) is 0 Å². The fourth-order valence-corrected chi connectivity index (χ4v) is 4.15. The van der Waals surface area contributed by atoms with Gasteiger partial charge in [0.25, 0.3) is 11.9 Å². The second-order valence-electron chi connectivity index (χ2n) is 7.61. The lowest BCUT2D eigenvalue weighted by atomic mass is 10.3. The summed E-state index contributed by atoms with van der Waals surface area (Å²) in [6.07, 6.45) is 0. The van der Waals surface area contributed by atoms with Crippen molar-refractivity contribution < 1.29 is 9.18 Å². The van der Waals surface area contributed by atoms with Crippen LogP contribution in [0.15, 0.2) is 53.9 Å². The summed E-state index contributed by atoms with van der Waals surface area (Å²) in [7, 11) is 0. The first-order chi connectivity index (χ1) is 16.4. The molecule has 0 saturated carbocycles. The molecule has 34 heavy (non-hydrogen) atoms. The van der Waals surface area contributed by atoms with E-state index < -0.39 is 5.91 Å². The number of hydrogen-bond acceptors (Lipinski definition) is 7. The highest BCUT2D eigenvalue weighted by Crippen LogP contribution is 2.26. The zero-order valence-corrected chi connectivity index (χ0v) is 19.3. The Hall–Kier alpha value is -4.25. The first kappa shape index (κ1) is 21.6. The number of anilines is 1. The summed E-state index contributed by atoms with van der Waals surface area (Å²) in [6, 6.07) is 13.2. The highest BCUT2D eigenvalue weighted by molar-refractivity contribution is 7.13. The van der Waals surface area contributed by atoms with E-state index in [2.05, 4.69) is 30.5 Å². The van der Waals surface area contributed by atoms with Crippen molar-refractivity contribution in [2.75, 3.05) is 5.32 Å². The zero-order valence-electron chi connectivity index (χ0n) is 18.5. The van der Waals surface area contributed by atoms with Gasteiger partial charge in [0.15, 0.2) is 5.82 Å². The van der Waals surface area contributed by atoms with Crippen LogP contribution < -0.4 is 5.32 Å². The fourth-order valence-electron chi connectivity index (χ4n) is 3.45. The summed E-state index contributed by atoms with van der Waals surface area (Å²) < 4.78 is 16.5. The van der Waals surface area contributed by atoms with Gasteiger partial charge in [0, 0.05) is 17.5 Å². The number of nitrogens with zero attached hydrogens (tertiary/aromatic N) is 7. The van der Waals surface area contributed by atoms with Crippen LogP contribution in [0.4, 0.5) is 10.2 Å². The van der Waals surface area contributed by atoms with Crippen LogP contribution in [0.2, 0.25) is 0 Å². The molecule has 0 atom stereocenters. The number of amides is 1. The van der Waals surface area contributed by atoms with Crippen LogP contribution in [-0.4, -0.2) is 40.4 Å². The molecule has 4 aromatic heterocycles. The van der Waals surface area contributed by atoms with E-state index in [1.807, 2.05) is 44.4 Å². The number of carbonyl (C=O) groups is 1. The van der Waals surface area contributed by atoms with Crippen LogP contribution in [0, 0.1) is 26.6 Å². The molecule has 4 heterocycles. The Kier molecular flexibility index (Phi) is 5.46. The molecule has 1 amide bonds. The molecule has 0 radical (unpaired) electrons. The minimum atomic E-state index is -0.524. The van der Waals surface area contributed by atoms with Gasteiger partial charge in [0.1, 0.15) is 11.6 Å². The van der Waals surface area contributed by atoms with E-state index in [1.54, 1.807) is 18.2 Å². The van der Waals surface area contributed by atoms with Crippen molar-refractivity contribution in [2.24, 2.45) is 0 Å². The maximum absolute atomic E-state index is 13.5. The van der Waals surface area contributed by atoms with Crippen molar-refractivity contribution in [3.8, 4) is 22.3 Å². The molecule has 1 aromatic carbocycles. The molecule has 170 valence electrons. The van der Waals surface area contributed by atoms with E-state index in [1.165, 1.54) is 32.8 Å². The van der Waals surface area contributed by atoms with E-state index >= 15 is 0 Å². The Balaban J connectivity index is 1.52. The number of thiophene rings is 1. The molecule has 0 aliphatic carbocycles. The van der Waals surface area contributed by atoms with Crippen LogP contribution in [0.5, 0.6) is 0 Å². The van der Waals surface area contributed by atoms with E-state index in [4.69, 9.17) is 0 Å². The summed E-state index contributed by atoms with van der Waals surface area (Å²) in [5.74, 6) is 0.294. The molecule has 9 nitrogen and oxygen atoms in total. The van der Waals surface area contributed by atoms with Gasteiger partial charge in [-0.25, -0.2) is 24.0 Å². The van der Waals surface area contributed by atoms with Gasteiger partial charge in [0.05, 0.1) is 16.3 Å². The van der Waals surface area contributed by atoms with Crippen molar-refractivity contribution in [1.29, 1.82) is 0 Å². The smallest absolute Gasteiger partial charge is 0.296 e. The Morgan fingerprint density at radius 3 is 2.32 bits per heavy atom. The SMILES string of the molecule is Cc1cc(C)nc(-n2nc(C)cc2NC(=O)c2nc(-c3cccs3)n(-c3ccc(F)cc3)n2)n1. The van der Waals surface area contributed by atoms with Gasteiger partial charge in [-0.05, 0) is 62.5 Å². The molecule has 5 aromatic rings. The summed E-state index contributed by atoms with van der Waals surface area (Å²) in [5, 5.41) is 13.6. The molecule has 1 N–H and O–H groups in total. The van der Waals surface area contributed by atoms with Crippen LogP contribution in [-0.2, 0) is 0 Å². The minimum Gasteiger partial charge on any atom is -0.304 e.